The smallest absolute Gasteiger partial charge is 0.198 e. The van der Waals surface area contributed by atoms with Crippen molar-refractivity contribution in [1.82, 2.24) is 0 Å². The minimum absolute atomic E-state index is 0.0382. The van der Waals surface area contributed by atoms with Crippen molar-refractivity contribution in [3.63, 3.8) is 0 Å². The van der Waals surface area contributed by atoms with Crippen molar-refractivity contribution in [2.45, 2.75) is 20.3 Å². The molecular formula is C9H18NO+. The Morgan fingerprint density at radius 1 is 1.55 bits per heavy atom. The summed E-state index contributed by atoms with van der Waals surface area (Å²) in [6.45, 7) is 5.90. The first kappa shape index (κ1) is 8.72. The van der Waals surface area contributed by atoms with Gasteiger partial charge < -0.3 is 4.48 Å². The number of hydrogen-bond donors (Lipinski definition) is 0. The number of carbonyl (C=O) groups excluding carboxylic acids is 1. The molecule has 11 heavy (non-hydrogen) atoms. The molecule has 0 spiro atoms. The molecule has 0 aliphatic carbocycles. The van der Waals surface area contributed by atoms with E-state index in [4.69, 9.17) is 0 Å². The van der Waals surface area contributed by atoms with Crippen LogP contribution in [0.2, 0.25) is 0 Å². The fourth-order valence-corrected chi connectivity index (χ4v) is 1.98. The highest BCUT2D eigenvalue weighted by Crippen LogP contribution is 2.32. The van der Waals surface area contributed by atoms with E-state index >= 15 is 0 Å². The van der Waals surface area contributed by atoms with Crippen molar-refractivity contribution in [2.24, 2.45) is 5.41 Å². The number of likely N-dealkylation sites (tertiary alicyclic amines) is 1. The average Bonchev–Trinajstić information content (AvgIpc) is 2.03. The Kier molecular flexibility index (Phi) is 1.83. The van der Waals surface area contributed by atoms with Gasteiger partial charge in [0.25, 0.3) is 0 Å². The summed E-state index contributed by atoms with van der Waals surface area (Å²) in [5, 5.41) is 0. The fourth-order valence-electron chi connectivity index (χ4n) is 1.98. The van der Waals surface area contributed by atoms with E-state index in [1.54, 1.807) is 0 Å². The Labute approximate surface area is 68.8 Å². The van der Waals surface area contributed by atoms with Crippen LogP contribution in [0.25, 0.3) is 0 Å². The molecule has 0 bridgehead atoms. The molecule has 64 valence electrons. The van der Waals surface area contributed by atoms with E-state index < -0.39 is 0 Å². The molecular weight excluding hydrogens is 138 g/mol. The molecule has 1 atom stereocenters. The van der Waals surface area contributed by atoms with Crippen LogP contribution in [0.15, 0.2) is 0 Å². The summed E-state index contributed by atoms with van der Waals surface area (Å²) in [6.07, 6.45) is 0.980. The Bertz CT molecular complexity index is 186. The van der Waals surface area contributed by atoms with Gasteiger partial charge in [-0.1, -0.05) is 6.92 Å². The zero-order chi connectivity index (χ0) is 8.70. The van der Waals surface area contributed by atoms with Gasteiger partial charge in [0.05, 0.1) is 26.1 Å². The van der Waals surface area contributed by atoms with Crippen LogP contribution in [-0.2, 0) is 4.79 Å². The lowest BCUT2D eigenvalue weighted by atomic mass is 9.86. The molecule has 0 aromatic heterocycles. The molecule has 1 saturated heterocycles. The van der Waals surface area contributed by atoms with E-state index in [1.807, 2.05) is 0 Å². The quantitative estimate of drug-likeness (QED) is 0.519. The van der Waals surface area contributed by atoms with E-state index in [9.17, 15) is 4.79 Å². The third-order valence-corrected chi connectivity index (χ3v) is 2.80. The van der Waals surface area contributed by atoms with Gasteiger partial charge >= 0.3 is 0 Å². The van der Waals surface area contributed by atoms with E-state index in [0.29, 0.717) is 12.3 Å². The van der Waals surface area contributed by atoms with E-state index in [2.05, 4.69) is 27.9 Å². The molecule has 0 radical (unpaired) electrons. The molecule has 1 heterocycles. The number of quaternary nitrogens is 1. The maximum absolute atomic E-state index is 11.5. The van der Waals surface area contributed by atoms with Gasteiger partial charge in [0, 0.05) is 0 Å². The van der Waals surface area contributed by atoms with Crippen molar-refractivity contribution < 1.29 is 9.28 Å². The molecule has 1 unspecified atom stereocenters. The monoisotopic (exact) mass is 156 g/mol. The van der Waals surface area contributed by atoms with Crippen LogP contribution in [0.5, 0.6) is 0 Å². The third-order valence-electron chi connectivity index (χ3n) is 2.80. The highest BCUT2D eigenvalue weighted by atomic mass is 16.1. The van der Waals surface area contributed by atoms with Gasteiger partial charge in [0.15, 0.2) is 5.78 Å². The molecule has 0 aromatic rings. The number of ketones is 1. The molecule has 2 nitrogen and oxygen atoms in total. The zero-order valence-electron chi connectivity index (χ0n) is 7.98. The van der Waals surface area contributed by atoms with Gasteiger partial charge in [-0.3, -0.25) is 4.79 Å². The summed E-state index contributed by atoms with van der Waals surface area (Å²) < 4.78 is 0.864. The molecule has 1 aliphatic heterocycles. The van der Waals surface area contributed by atoms with Crippen molar-refractivity contribution in [3.8, 4) is 0 Å². The van der Waals surface area contributed by atoms with E-state index in [1.165, 1.54) is 0 Å². The second kappa shape index (κ2) is 2.31. The number of hydrogen-bond acceptors (Lipinski definition) is 1. The average molecular weight is 156 g/mol. The molecule has 0 amide bonds. The molecule has 1 aliphatic rings. The second-order valence-electron chi connectivity index (χ2n) is 4.59. The van der Waals surface area contributed by atoms with Gasteiger partial charge in [-0.2, -0.15) is 0 Å². The maximum Gasteiger partial charge on any atom is 0.198 e. The predicted octanol–water partition coefficient (Wildman–Crippen LogP) is 1.06. The lowest BCUT2D eigenvalue weighted by Crippen LogP contribution is -2.38. The maximum atomic E-state index is 11.5. The number of Topliss-reactive ketones (excluding diaryl/α,β-unsaturated/α-hetero) is 1. The summed E-state index contributed by atoms with van der Waals surface area (Å²) >= 11 is 0. The van der Waals surface area contributed by atoms with Gasteiger partial charge in [-0.05, 0) is 13.3 Å². The lowest BCUT2D eigenvalue weighted by molar-refractivity contribution is -0.877. The van der Waals surface area contributed by atoms with Crippen LogP contribution < -0.4 is 0 Å². The Morgan fingerprint density at radius 3 is 2.27 bits per heavy atom. The van der Waals surface area contributed by atoms with Crippen LogP contribution >= 0.6 is 0 Å². The molecule has 0 aromatic carbocycles. The van der Waals surface area contributed by atoms with E-state index in [-0.39, 0.29) is 5.41 Å². The first-order valence-electron chi connectivity index (χ1n) is 4.25. The first-order chi connectivity index (χ1) is 4.90. The standard InChI is InChI=1S/C9H18NO/c1-5-9(2)7-10(3,4)6-8(9)11/h5-7H2,1-4H3/q+1. The number of rotatable bonds is 1. The summed E-state index contributed by atoms with van der Waals surface area (Å²) in [4.78, 5) is 11.5. The molecule has 0 N–H and O–H groups in total. The van der Waals surface area contributed by atoms with Crippen LogP contribution in [0.4, 0.5) is 0 Å². The Balaban J connectivity index is 2.82. The topological polar surface area (TPSA) is 17.1 Å². The molecule has 2 heteroatoms. The largest absolute Gasteiger partial charge is 0.321 e. The Morgan fingerprint density at radius 2 is 2.09 bits per heavy atom. The molecule has 0 saturated carbocycles. The summed E-state index contributed by atoms with van der Waals surface area (Å²) in [7, 11) is 4.25. The molecule has 1 fully saturated rings. The number of likely N-dealkylation sites (N-methyl/N-ethyl adjacent to an activating group) is 1. The third kappa shape index (κ3) is 1.45. The van der Waals surface area contributed by atoms with Crippen molar-refractivity contribution in [3.05, 3.63) is 0 Å². The van der Waals surface area contributed by atoms with Gasteiger partial charge in [-0.25, -0.2) is 0 Å². The minimum Gasteiger partial charge on any atom is -0.321 e. The van der Waals surface area contributed by atoms with Gasteiger partial charge in [0.2, 0.25) is 0 Å². The van der Waals surface area contributed by atoms with Gasteiger partial charge in [0.1, 0.15) is 6.54 Å². The lowest BCUT2D eigenvalue weighted by Gasteiger charge is -2.25. The normalized spacial score (nSPS) is 36.2. The summed E-state index contributed by atoms with van der Waals surface area (Å²) in [5.74, 6) is 0.435. The van der Waals surface area contributed by atoms with Crippen LogP contribution in [0.3, 0.4) is 0 Å². The van der Waals surface area contributed by atoms with Crippen molar-refractivity contribution >= 4 is 5.78 Å². The van der Waals surface area contributed by atoms with Crippen LogP contribution in [-0.4, -0.2) is 37.5 Å². The zero-order valence-corrected chi connectivity index (χ0v) is 7.98. The van der Waals surface area contributed by atoms with Crippen molar-refractivity contribution in [1.29, 1.82) is 0 Å². The number of nitrogens with zero attached hydrogens (tertiary/aromatic N) is 1. The highest BCUT2D eigenvalue weighted by molar-refractivity contribution is 5.87. The molecule has 1 rings (SSSR count). The van der Waals surface area contributed by atoms with Crippen LogP contribution in [0.1, 0.15) is 20.3 Å². The Hall–Kier alpha value is -0.370. The highest BCUT2D eigenvalue weighted by Gasteiger charge is 2.47. The summed E-state index contributed by atoms with van der Waals surface area (Å²) in [5.41, 5.74) is -0.0382. The minimum atomic E-state index is -0.0382. The van der Waals surface area contributed by atoms with Crippen molar-refractivity contribution in [2.75, 3.05) is 27.2 Å². The first-order valence-corrected chi connectivity index (χ1v) is 4.25. The van der Waals surface area contributed by atoms with Crippen LogP contribution in [0, 0.1) is 5.41 Å². The van der Waals surface area contributed by atoms with E-state index in [0.717, 1.165) is 17.4 Å². The number of carbonyl (C=O) groups is 1. The second-order valence-corrected chi connectivity index (χ2v) is 4.59. The summed E-state index contributed by atoms with van der Waals surface area (Å²) in [6, 6.07) is 0. The SMILES string of the molecule is CCC1(C)C[N+](C)(C)CC1=O. The van der Waals surface area contributed by atoms with Gasteiger partial charge in [-0.15, -0.1) is 0 Å². The fraction of sp³-hybridized carbons (Fsp3) is 0.889. The predicted molar refractivity (Wildman–Crippen MR) is 45.2 cm³/mol.